The summed E-state index contributed by atoms with van der Waals surface area (Å²) >= 11 is 0. The Kier molecular flexibility index (Phi) is 5.81. The van der Waals surface area contributed by atoms with Crippen molar-refractivity contribution in [1.82, 2.24) is 19.9 Å². The number of H-pyrrole nitrogens is 1. The summed E-state index contributed by atoms with van der Waals surface area (Å²) in [7, 11) is 0. The lowest BCUT2D eigenvalue weighted by atomic mass is 10.00. The van der Waals surface area contributed by atoms with Crippen LogP contribution >= 0.6 is 0 Å². The largest absolute Gasteiger partial charge is 0.383 e. The predicted molar refractivity (Wildman–Crippen MR) is 140 cm³/mol. The number of carbonyl (C=O) groups excluding carboxylic acids is 1. The highest BCUT2D eigenvalue weighted by Gasteiger charge is 2.15. The zero-order chi connectivity index (χ0) is 24.4. The van der Waals surface area contributed by atoms with Crippen molar-refractivity contribution in [3.8, 4) is 22.4 Å². The summed E-state index contributed by atoms with van der Waals surface area (Å²) in [6, 6.07) is 17.8. The number of pyridine rings is 3. The molecule has 0 fully saturated rings. The van der Waals surface area contributed by atoms with E-state index in [1.165, 1.54) is 0 Å². The van der Waals surface area contributed by atoms with Crippen molar-refractivity contribution in [2.45, 2.75) is 13.3 Å². The van der Waals surface area contributed by atoms with Crippen LogP contribution in [0.25, 0.3) is 38.9 Å². The fourth-order valence-electron chi connectivity index (χ4n) is 4.00. The average Bonchev–Trinajstić information content (AvgIpc) is 3.34. The highest BCUT2D eigenvalue weighted by atomic mass is 16.1. The number of nitrogens with one attached hydrogen (secondary N) is 2. The van der Waals surface area contributed by atoms with Crippen LogP contribution in [-0.2, 0) is 4.79 Å². The van der Waals surface area contributed by atoms with E-state index < -0.39 is 0 Å². The maximum Gasteiger partial charge on any atom is 0.224 e. The Hall–Kier alpha value is -4.78. The molecule has 4 heterocycles. The third kappa shape index (κ3) is 4.39. The molecular weight excluding hydrogens is 436 g/mol. The van der Waals surface area contributed by atoms with Crippen molar-refractivity contribution >= 4 is 33.9 Å². The van der Waals surface area contributed by atoms with Crippen LogP contribution in [0.2, 0.25) is 0 Å². The molecular formula is C28H24N6O. The zero-order valence-electron chi connectivity index (χ0n) is 19.2. The normalized spacial score (nSPS) is 10.9. The summed E-state index contributed by atoms with van der Waals surface area (Å²) in [5.41, 5.74) is 13.7. The van der Waals surface area contributed by atoms with Crippen LogP contribution in [0.1, 0.15) is 24.6 Å². The van der Waals surface area contributed by atoms with Gasteiger partial charge in [-0.3, -0.25) is 14.8 Å². The van der Waals surface area contributed by atoms with Gasteiger partial charge in [0.1, 0.15) is 5.82 Å². The Bertz CT molecular complexity index is 1550. The number of carbonyl (C=O) groups is 1. The maximum absolute atomic E-state index is 11.8. The van der Waals surface area contributed by atoms with Gasteiger partial charge in [-0.1, -0.05) is 31.7 Å². The number of aromatic nitrogens is 4. The first kappa shape index (κ1) is 22.0. The molecule has 0 spiro atoms. The first-order valence-corrected chi connectivity index (χ1v) is 11.3. The fourth-order valence-corrected chi connectivity index (χ4v) is 4.00. The number of amides is 1. The number of hydrogen-bond acceptors (Lipinski definition) is 5. The molecule has 0 saturated heterocycles. The van der Waals surface area contributed by atoms with E-state index in [4.69, 9.17) is 5.73 Å². The van der Waals surface area contributed by atoms with Crippen molar-refractivity contribution in [2.75, 3.05) is 11.1 Å². The van der Waals surface area contributed by atoms with Crippen LogP contribution in [0.3, 0.4) is 0 Å². The summed E-state index contributed by atoms with van der Waals surface area (Å²) < 4.78 is 0. The van der Waals surface area contributed by atoms with Crippen LogP contribution < -0.4 is 11.1 Å². The van der Waals surface area contributed by atoms with Crippen molar-refractivity contribution in [3.63, 3.8) is 0 Å². The number of nitrogen functional groups attached to an aromatic ring is 1. The zero-order valence-corrected chi connectivity index (χ0v) is 19.2. The summed E-state index contributed by atoms with van der Waals surface area (Å²) in [6.07, 6.45) is 7.22. The van der Waals surface area contributed by atoms with Gasteiger partial charge in [-0.25, -0.2) is 4.98 Å². The summed E-state index contributed by atoms with van der Waals surface area (Å²) in [5.74, 6) is 0.308. The SMILES string of the molecule is C=C(c1cc2c(-c3ccccn3)cccc2[nH]1)c1cc(-c2cncc(NC(=O)CC)c2)cnc1N. The van der Waals surface area contributed by atoms with Gasteiger partial charge in [0, 0.05) is 69.4 Å². The van der Waals surface area contributed by atoms with Gasteiger partial charge in [-0.15, -0.1) is 0 Å². The van der Waals surface area contributed by atoms with Crippen molar-refractivity contribution in [2.24, 2.45) is 0 Å². The minimum absolute atomic E-state index is 0.0719. The van der Waals surface area contributed by atoms with Crippen molar-refractivity contribution in [1.29, 1.82) is 0 Å². The third-order valence-electron chi connectivity index (χ3n) is 5.85. The summed E-state index contributed by atoms with van der Waals surface area (Å²) in [5, 5.41) is 3.89. The Morgan fingerprint density at radius 1 is 1.03 bits per heavy atom. The standard InChI is InChI=1S/C28H24N6O/c1-3-27(35)33-20-11-18(14-30-16-20)19-12-22(28(29)32-15-19)17(2)26-13-23-21(7-6-9-25(23)34-26)24-8-4-5-10-31-24/h4-16,34H,2-3H2,1H3,(H2,29,32)(H,33,35). The van der Waals surface area contributed by atoms with E-state index in [0.717, 1.165) is 50.1 Å². The minimum Gasteiger partial charge on any atom is -0.383 e. The molecule has 1 amide bonds. The predicted octanol–water partition coefficient (Wildman–Crippen LogP) is 5.68. The summed E-state index contributed by atoms with van der Waals surface area (Å²) in [4.78, 5) is 28.4. The molecule has 0 saturated carbocycles. The topological polar surface area (TPSA) is 110 Å². The second kappa shape index (κ2) is 9.23. The molecule has 35 heavy (non-hydrogen) atoms. The number of nitrogens with two attached hydrogens (primary N) is 1. The van der Waals surface area contributed by atoms with Gasteiger partial charge >= 0.3 is 0 Å². The summed E-state index contributed by atoms with van der Waals surface area (Å²) in [6.45, 7) is 6.12. The van der Waals surface area contributed by atoms with E-state index in [9.17, 15) is 4.79 Å². The maximum atomic E-state index is 11.8. The molecule has 7 nitrogen and oxygen atoms in total. The van der Waals surface area contributed by atoms with Crippen LogP contribution in [-0.4, -0.2) is 25.8 Å². The lowest BCUT2D eigenvalue weighted by Gasteiger charge is -2.11. The molecule has 7 heteroatoms. The van der Waals surface area contributed by atoms with Gasteiger partial charge < -0.3 is 16.0 Å². The molecule has 0 bridgehead atoms. The first-order chi connectivity index (χ1) is 17.0. The molecule has 4 N–H and O–H groups in total. The smallest absolute Gasteiger partial charge is 0.224 e. The minimum atomic E-state index is -0.0719. The number of anilines is 2. The van der Waals surface area contributed by atoms with Gasteiger partial charge in [-0.05, 0) is 36.4 Å². The molecule has 1 aromatic carbocycles. The lowest BCUT2D eigenvalue weighted by Crippen LogP contribution is -2.09. The van der Waals surface area contributed by atoms with E-state index in [0.29, 0.717) is 17.9 Å². The van der Waals surface area contributed by atoms with Crippen LogP contribution in [0.4, 0.5) is 11.5 Å². The highest BCUT2D eigenvalue weighted by molar-refractivity contribution is 5.98. The van der Waals surface area contributed by atoms with Crippen LogP contribution in [0, 0.1) is 0 Å². The molecule has 5 rings (SSSR count). The second-order valence-electron chi connectivity index (χ2n) is 8.16. The Balaban J connectivity index is 1.52. The van der Waals surface area contributed by atoms with Crippen LogP contribution in [0.5, 0.6) is 0 Å². The van der Waals surface area contributed by atoms with Gasteiger partial charge in [0.15, 0.2) is 0 Å². The molecule has 0 aliphatic rings. The number of fused-ring (bicyclic) bond motifs is 1. The third-order valence-corrected chi connectivity index (χ3v) is 5.85. The van der Waals surface area contributed by atoms with Gasteiger partial charge in [0.2, 0.25) is 5.91 Å². The second-order valence-corrected chi connectivity index (χ2v) is 8.16. The molecule has 4 aromatic heterocycles. The number of rotatable bonds is 6. The number of hydrogen-bond donors (Lipinski definition) is 3. The van der Waals surface area contributed by atoms with Gasteiger partial charge in [0.05, 0.1) is 17.6 Å². The number of benzene rings is 1. The highest BCUT2D eigenvalue weighted by Crippen LogP contribution is 2.34. The van der Waals surface area contributed by atoms with Gasteiger partial charge in [-0.2, -0.15) is 0 Å². The van der Waals surface area contributed by atoms with Crippen molar-refractivity contribution < 1.29 is 4.79 Å². The van der Waals surface area contributed by atoms with E-state index in [2.05, 4.69) is 44.0 Å². The molecule has 0 unspecified atom stereocenters. The molecule has 0 radical (unpaired) electrons. The van der Waals surface area contributed by atoms with E-state index in [1.54, 1.807) is 31.7 Å². The molecule has 0 aliphatic carbocycles. The Morgan fingerprint density at radius 2 is 1.89 bits per heavy atom. The Morgan fingerprint density at radius 3 is 2.69 bits per heavy atom. The van der Waals surface area contributed by atoms with E-state index in [1.807, 2.05) is 42.5 Å². The molecule has 0 atom stereocenters. The number of aromatic amines is 1. The van der Waals surface area contributed by atoms with Gasteiger partial charge in [0.25, 0.3) is 0 Å². The Labute approximate surface area is 202 Å². The quantitative estimate of drug-likeness (QED) is 0.302. The molecule has 172 valence electrons. The lowest BCUT2D eigenvalue weighted by molar-refractivity contribution is -0.115. The van der Waals surface area contributed by atoms with Crippen LogP contribution in [0.15, 0.2) is 86.0 Å². The average molecular weight is 461 g/mol. The molecule has 0 aliphatic heterocycles. The first-order valence-electron chi connectivity index (χ1n) is 11.3. The monoisotopic (exact) mass is 460 g/mol. The van der Waals surface area contributed by atoms with Crippen molar-refractivity contribution in [3.05, 3.63) is 97.2 Å². The van der Waals surface area contributed by atoms with E-state index >= 15 is 0 Å². The number of nitrogens with zero attached hydrogens (tertiary/aromatic N) is 3. The molecule has 5 aromatic rings. The van der Waals surface area contributed by atoms with E-state index in [-0.39, 0.29) is 5.91 Å². The fraction of sp³-hybridized carbons (Fsp3) is 0.0714.